The van der Waals surface area contributed by atoms with Gasteiger partial charge >= 0.3 is 0 Å². The number of halogens is 1. The minimum atomic E-state index is -3.91. The van der Waals surface area contributed by atoms with Gasteiger partial charge in [-0.1, -0.05) is 12.1 Å². The summed E-state index contributed by atoms with van der Waals surface area (Å²) in [6, 6.07) is 14.4. The van der Waals surface area contributed by atoms with E-state index in [0.717, 1.165) is 12.1 Å². The number of amides is 1. The lowest BCUT2D eigenvalue weighted by Gasteiger charge is -2.19. The lowest BCUT2D eigenvalue weighted by atomic mass is 10.2. The largest absolute Gasteiger partial charge is 0.497 e. The smallest absolute Gasteiger partial charge is 0.251 e. The molecule has 0 aliphatic heterocycles. The summed E-state index contributed by atoms with van der Waals surface area (Å²) in [5.41, 5.74) is 0.760. The predicted molar refractivity (Wildman–Crippen MR) is 106 cm³/mol. The second-order valence-electron chi connectivity index (χ2n) is 6.22. The topological polar surface area (TPSA) is 85.4 Å². The molecule has 0 saturated carbocycles. The number of rotatable bonds is 7. The van der Waals surface area contributed by atoms with Crippen molar-refractivity contribution in [2.75, 3.05) is 13.7 Å². The number of methoxy groups -OCH3 is 1. The van der Waals surface area contributed by atoms with Crippen LogP contribution in [0.5, 0.6) is 5.75 Å². The van der Waals surface area contributed by atoms with E-state index in [9.17, 15) is 17.6 Å². The van der Waals surface area contributed by atoms with Gasteiger partial charge in [-0.15, -0.1) is 0 Å². The van der Waals surface area contributed by atoms with E-state index in [1.165, 1.54) is 31.6 Å². The summed E-state index contributed by atoms with van der Waals surface area (Å²) in [5.74, 6) is -0.458. The first-order chi connectivity index (χ1) is 13.9. The van der Waals surface area contributed by atoms with Crippen molar-refractivity contribution < 1.29 is 22.3 Å². The van der Waals surface area contributed by atoms with Gasteiger partial charge in [0.1, 0.15) is 16.8 Å². The Kier molecular flexibility index (Phi) is 6.23. The molecule has 8 heteroatoms. The molecule has 1 heterocycles. The molecule has 6 nitrogen and oxygen atoms in total. The van der Waals surface area contributed by atoms with Crippen LogP contribution in [0, 0.1) is 5.82 Å². The molecule has 0 aliphatic carbocycles. The molecule has 1 amide bonds. The van der Waals surface area contributed by atoms with Gasteiger partial charge in [-0.25, -0.2) is 12.8 Å². The first-order valence-corrected chi connectivity index (χ1v) is 10.3. The third kappa shape index (κ3) is 4.78. The van der Waals surface area contributed by atoms with Crippen molar-refractivity contribution >= 4 is 15.7 Å². The van der Waals surface area contributed by atoms with Crippen LogP contribution in [0.25, 0.3) is 0 Å². The first kappa shape index (κ1) is 20.5. The first-order valence-electron chi connectivity index (χ1n) is 8.73. The fourth-order valence-electron chi connectivity index (χ4n) is 2.81. The van der Waals surface area contributed by atoms with E-state index in [4.69, 9.17) is 4.74 Å². The van der Waals surface area contributed by atoms with E-state index >= 15 is 0 Å². The lowest BCUT2D eigenvalue weighted by Crippen LogP contribution is -2.32. The van der Waals surface area contributed by atoms with Gasteiger partial charge in [0.2, 0.25) is 0 Å². The van der Waals surface area contributed by atoms with Crippen LogP contribution in [0.2, 0.25) is 0 Å². The van der Waals surface area contributed by atoms with Crippen molar-refractivity contribution in [3.63, 3.8) is 0 Å². The highest BCUT2D eigenvalue weighted by Gasteiger charge is 2.30. The minimum Gasteiger partial charge on any atom is -0.497 e. The third-order valence-corrected chi connectivity index (χ3v) is 6.47. The average molecular weight is 414 g/mol. The van der Waals surface area contributed by atoms with E-state index < -0.39 is 26.8 Å². The Morgan fingerprint density at radius 2 is 1.90 bits per heavy atom. The van der Waals surface area contributed by atoms with Crippen molar-refractivity contribution in [3.05, 3.63) is 90.0 Å². The normalized spacial score (nSPS) is 12.2. The number of carbonyl (C=O) groups excluding carboxylic acids is 1. The summed E-state index contributed by atoms with van der Waals surface area (Å²) < 4.78 is 44.7. The van der Waals surface area contributed by atoms with E-state index in [1.807, 2.05) is 0 Å². The number of pyridine rings is 1. The van der Waals surface area contributed by atoms with Crippen molar-refractivity contribution in [2.45, 2.75) is 10.1 Å². The Labute approximate surface area is 168 Å². The van der Waals surface area contributed by atoms with E-state index in [2.05, 4.69) is 10.3 Å². The molecule has 29 heavy (non-hydrogen) atoms. The molecule has 1 N–H and O–H groups in total. The molecule has 0 bridgehead atoms. The Morgan fingerprint density at radius 1 is 1.14 bits per heavy atom. The molecule has 0 saturated heterocycles. The van der Waals surface area contributed by atoms with Gasteiger partial charge in [0.05, 0.1) is 12.0 Å². The average Bonchev–Trinajstić information content (AvgIpc) is 2.74. The van der Waals surface area contributed by atoms with Gasteiger partial charge < -0.3 is 10.1 Å². The summed E-state index contributed by atoms with van der Waals surface area (Å²) in [6.07, 6.45) is 2.96. The second-order valence-corrected chi connectivity index (χ2v) is 8.35. The van der Waals surface area contributed by atoms with Crippen LogP contribution in [-0.4, -0.2) is 33.0 Å². The van der Waals surface area contributed by atoms with Crippen LogP contribution in [0.4, 0.5) is 4.39 Å². The van der Waals surface area contributed by atoms with Crippen LogP contribution in [0.1, 0.15) is 21.2 Å². The molecule has 0 fully saturated rings. The highest BCUT2D eigenvalue weighted by molar-refractivity contribution is 7.91. The van der Waals surface area contributed by atoms with E-state index in [1.54, 1.807) is 36.4 Å². The Hall–Kier alpha value is -3.26. The Morgan fingerprint density at radius 3 is 2.55 bits per heavy atom. The van der Waals surface area contributed by atoms with Crippen LogP contribution in [0.3, 0.4) is 0 Å². The number of nitrogens with one attached hydrogen (secondary N) is 1. The molecule has 0 radical (unpaired) electrons. The molecule has 150 valence electrons. The monoisotopic (exact) mass is 414 g/mol. The predicted octanol–water partition coefficient (Wildman–Crippen LogP) is 3.17. The maximum atomic E-state index is 13.2. The zero-order valence-electron chi connectivity index (χ0n) is 15.6. The molecular weight excluding hydrogens is 395 g/mol. The van der Waals surface area contributed by atoms with Gasteiger partial charge in [-0.2, -0.15) is 0 Å². The zero-order chi connectivity index (χ0) is 20.9. The summed E-state index contributed by atoms with van der Waals surface area (Å²) in [6.45, 7) is -0.179. The minimum absolute atomic E-state index is 0.0385. The third-order valence-electron chi connectivity index (χ3n) is 4.35. The highest BCUT2D eigenvalue weighted by Crippen LogP contribution is 2.28. The van der Waals surface area contributed by atoms with Crippen LogP contribution >= 0.6 is 0 Å². The van der Waals surface area contributed by atoms with Crippen LogP contribution < -0.4 is 10.1 Å². The van der Waals surface area contributed by atoms with Crippen molar-refractivity contribution in [2.24, 2.45) is 0 Å². The molecule has 1 aromatic heterocycles. The molecule has 3 aromatic rings. The number of ether oxygens (including phenoxy) is 1. The number of hydrogen-bond donors (Lipinski definition) is 1. The number of hydrogen-bond acceptors (Lipinski definition) is 5. The Bertz CT molecular complexity index is 1090. The van der Waals surface area contributed by atoms with E-state index in [0.29, 0.717) is 16.9 Å². The SMILES string of the molecule is COc1cccc(C(=O)NCC(c2cccnc2)S(=O)(=O)c2ccc(F)cc2)c1. The standard InChI is InChI=1S/C21H19FN2O4S/c1-28-18-6-2-4-15(12-18)21(25)24-14-20(16-5-3-11-23-13-16)29(26,27)19-9-7-17(22)8-10-19/h2-13,20H,14H2,1H3,(H,24,25). The number of sulfone groups is 1. The van der Waals surface area contributed by atoms with Crippen molar-refractivity contribution in [1.82, 2.24) is 10.3 Å². The number of benzene rings is 2. The maximum absolute atomic E-state index is 13.2. The van der Waals surface area contributed by atoms with Gasteiger partial charge in [-0.05, 0) is 54.1 Å². The van der Waals surface area contributed by atoms with E-state index in [-0.39, 0.29) is 11.4 Å². The van der Waals surface area contributed by atoms with Crippen molar-refractivity contribution in [3.8, 4) is 5.75 Å². The quantitative estimate of drug-likeness (QED) is 0.600. The molecule has 3 rings (SSSR count). The summed E-state index contributed by atoms with van der Waals surface area (Å²) >= 11 is 0. The fraction of sp³-hybridized carbons (Fsp3) is 0.143. The van der Waals surface area contributed by atoms with Crippen LogP contribution in [0.15, 0.2) is 78.0 Å². The van der Waals surface area contributed by atoms with Crippen LogP contribution in [-0.2, 0) is 9.84 Å². The van der Waals surface area contributed by atoms with Gasteiger partial charge in [-0.3, -0.25) is 9.78 Å². The Balaban J connectivity index is 1.88. The zero-order valence-corrected chi connectivity index (χ0v) is 16.4. The molecule has 1 unspecified atom stereocenters. The molecule has 0 spiro atoms. The molecule has 0 aliphatic rings. The molecular formula is C21H19FN2O4S. The van der Waals surface area contributed by atoms with Gasteiger partial charge in [0, 0.05) is 24.5 Å². The lowest BCUT2D eigenvalue weighted by molar-refractivity contribution is 0.0953. The molecule has 1 atom stereocenters. The number of aromatic nitrogens is 1. The molecule has 2 aromatic carbocycles. The summed E-state index contributed by atoms with van der Waals surface area (Å²) in [5, 5.41) is 1.57. The number of carbonyl (C=O) groups is 1. The number of nitrogens with zero attached hydrogens (tertiary/aromatic N) is 1. The van der Waals surface area contributed by atoms with Gasteiger partial charge in [0.15, 0.2) is 9.84 Å². The van der Waals surface area contributed by atoms with Gasteiger partial charge in [0.25, 0.3) is 5.91 Å². The second kappa shape index (κ2) is 8.83. The maximum Gasteiger partial charge on any atom is 0.251 e. The highest BCUT2D eigenvalue weighted by atomic mass is 32.2. The van der Waals surface area contributed by atoms with Crippen molar-refractivity contribution in [1.29, 1.82) is 0 Å². The fourth-order valence-corrected chi connectivity index (χ4v) is 4.46. The summed E-state index contributed by atoms with van der Waals surface area (Å²) in [4.78, 5) is 16.5. The summed E-state index contributed by atoms with van der Waals surface area (Å²) in [7, 11) is -2.42.